The SMILES string of the molecule is O=c1cc(O)c(/C=C/c2ccc([N+](=O)[O-])cc2)nn1-c1ccccc1. The summed E-state index contributed by atoms with van der Waals surface area (Å²) in [6.45, 7) is 0. The van der Waals surface area contributed by atoms with E-state index in [0.717, 1.165) is 6.07 Å². The minimum absolute atomic E-state index is 0.00394. The minimum atomic E-state index is -0.476. The lowest BCUT2D eigenvalue weighted by atomic mass is 10.2. The van der Waals surface area contributed by atoms with Crippen molar-refractivity contribution in [3.8, 4) is 11.4 Å². The van der Waals surface area contributed by atoms with Gasteiger partial charge in [-0.15, -0.1) is 0 Å². The molecule has 124 valence electrons. The number of hydrogen-bond acceptors (Lipinski definition) is 5. The maximum absolute atomic E-state index is 12.0. The van der Waals surface area contributed by atoms with E-state index in [2.05, 4.69) is 5.10 Å². The van der Waals surface area contributed by atoms with Gasteiger partial charge in [-0.25, -0.2) is 0 Å². The maximum atomic E-state index is 12.0. The number of benzene rings is 2. The molecule has 0 bridgehead atoms. The molecule has 0 spiro atoms. The standard InChI is InChI=1S/C18H13N3O4/c22-17-12-18(23)20(14-4-2-1-3-5-14)19-16(17)11-8-13-6-9-15(10-7-13)21(24)25/h1-12,22H/b11-8+. The number of nitrogens with zero attached hydrogens (tertiary/aromatic N) is 3. The van der Waals surface area contributed by atoms with E-state index in [-0.39, 0.29) is 17.1 Å². The van der Waals surface area contributed by atoms with Crippen LogP contribution in [0, 0.1) is 10.1 Å². The largest absolute Gasteiger partial charge is 0.505 e. The van der Waals surface area contributed by atoms with Crippen LogP contribution in [0.1, 0.15) is 11.3 Å². The maximum Gasteiger partial charge on any atom is 0.275 e. The Labute approximate surface area is 142 Å². The van der Waals surface area contributed by atoms with Crippen molar-refractivity contribution in [1.82, 2.24) is 9.78 Å². The van der Waals surface area contributed by atoms with Crippen molar-refractivity contribution in [3.63, 3.8) is 0 Å². The van der Waals surface area contributed by atoms with Crippen LogP contribution in [0.3, 0.4) is 0 Å². The summed E-state index contributed by atoms with van der Waals surface area (Å²) in [5.41, 5.74) is 1.04. The summed E-state index contributed by atoms with van der Waals surface area (Å²) >= 11 is 0. The van der Waals surface area contributed by atoms with Crippen LogP contribution in [0.2, 0.25) is 0 Å². The number of para-hydroxylation sites is 1. The lowest BCUT2D eigenvalue weighted by Gasteiger charge is -2.06. The summed E-state index contributed by atoms with van der Waals surface area (Å²) in [5, 5.41) is 24.8. The van der Waals surface area contributed by atoms with Crippen molar-refractivity contribution in [3.05, 3.63) is 92.4 Å². The Bertz CT molecular complexity index is 993. The van der Waals surface area contributed by atoms with Gasteiger partial charge >= 0.3 is 0 Å². The molecule has 0 unspecified atom stereocenters. The molecule has 3 rings (SSSR count). The van der Waals surface area contributed by atoms with Crippen molar-refractivity contribution >= 4 is 17.8 Å². The van der Waals surface area contributed by atoms with E-state index < -0.39 is 10.5 Å². The first-order valence-electron chi connectivity index (χ1n) is 7.36. The van der Waals surface area contributed by atoms with Gasteiger partial charge in [0.25, 0.3) is 11.2 Å². The zero-order valence-electron chi connectivity index (χ0n) is 12.9. The molecule has 0 aliphatic carbocycles. The molecule has 3 aromatic rings. The first-order valence-corrected chi connectivity index (χ1v) is 7.36. The molecule has 7 nitrogen and oxygen atoms in total. The highest BCUT2D eigenvalue weighted by Gasteiger charge is 2.07. The second-order valence-corrected chi connectivity index (χ2v) is 5.18. The number of aromatic hydroxyl groups is 1. The fraction of sp³-hybridized carbons (Fsp3) is 0. The van der Waals surface area contributed by atoms with Crippen LogP contribution in [-0.4, -0.2) is 19.8 Å². The molecule has 7 heteroatoms. The number of aromatic nitrogens is 2. The molecule has 0 saturated carbocycles. The monoisotopic (exact) mass is 335 g/mol. The first-order chi connectivity index (χ1) is 12.0. The van der Waals surface area contributed by atoms with Crippen molar-refractivity contribution < 1.29 is 10.0 Å². The Morgan fingerprint density at radius 3 is 2.36 bits per heavy atom. The van der Waals surface area contributed by atoms with Crippen molar-refractivity contribution in [2.75, 3.05) is 0 Å². The number of rotatable bonds is 4. The Hall–Kier alpha value is -3.74. The molecule has 0 fully saturated rings. The number of nitro groups is 1. The van der Waals surface area contributed by atoms with Gasteiger partial charge < -0.3 is 5.11 Å². The molecule has 0 amide bonds. The van der Waals surface area contributed by atoms with Gasteiger partial charge in [0, 0.05) is 18.2 Å². The zero-order valence-corrected chi connectivity index (χ0v) is 12.9. The molecule has 2 aromatic carbocycles. The zero-order chi connectivity index (χ0) is 17.8. The van der Waals surface area contributed by atoms with E-state index in [0.29, 0.717) is 11.3 Å². The average Bonchev–Trinajstić information content (AvgIpc) is 2.62. The Kier molecular flexibility index (Phi) is 4.38. The molecule has 0 saturated heterocycles. The number of nitro benzene ring substituents is 1. The molecule has 0 atom stereocenters. The highest BCUT2D eigenvalue weighted by molar-refractivity contribution is 5.70. The predicted octanol–water partition coefficient (Wildman–Crippen LogP) is 3.02. The van der Waals surface area contributed by atoms with Crippen molar-refractivity contribution in [1.29, 1.82) is 0 Å². The van der Waals surface area contributed by atoms with Crippen LogP contribution in [0.15, 0.2) is 65.5 Å². The van der Waals surface area contributed by atoms with Gasteiger partial charge in [0.15, 0.2) is 0 Å². The van der Waals surface area contributed by atoms with Crippen LogP contribution < -0.4 is 5.56 Å². The average molecular weight is 335 g/mol. The molecule has 1 heterocycles. The van der Waals surface area contributed by atoms with Gasteiger partial charge in [0.05, 0.1) is 10.6 Å². The third-order valence-electron chi connectivity index (χ3n) is 3.48. The van der Waals surface area contributed by atoms with E-state index in [9.17, 15) is 20.0 Å². The molecule has 0 aliphatic rings. The van der Waals surface area contributed by atoms with Crippen LogP contribution in [0.5, 0.6) is 5.75 Å². The molecule has 1 aromatic heterocycles. The highest BCUT2D eigenvalue weighted by atomic mass is 16.6. The number of non-ortho nitro benzene ring substituents is 1. The van der Waals surface area contributed by atoms with Crippen LogP contribution in [-0.2, 0) is 0 Å². The normalized spacial score (nSPS) is 10.9. The smallest absolute Gasteiger partial charge is 0.275 e. The quantitative estimate of drug-likeness (QED) is 0.584. The summed E-state index contributed by atoms with van der Waals surface area (Å²) < 4.78 is 1.19. The van der Waals surface area contributed by atoms with Gasteiger partial charge in [-0.05, 0) is 35.9 Å². The van der Waals surface area contributed by atoms with Gasteiger partial charge in [0.1, 0.15) is 11.4 Å². The predicted molar refractivity (Wildman–Crippen MR) is 93.5 cm³/mol. The highest BCUT2D eigenvalue weighted by Crippen LogP contribution is 2.17. The minimum Gasteiger partial charge on any atom is -0.505 e. The molecule has 25 heavy (non-hydrogen) atoms. The summed E-state index contributed by atoms with van der Waals surface area (Å²) in [6.07, 6.45) is 3.18. The second kappa shape index (κ2) is 6.79. The van der Waals surface area contributed by atoms with E-state index >= 15 is 0 Å². The summed E-state index contributed by atoms with van der Waals surface area (Å²) in [5.74, 6) is -0.240. The second-order valence-electron chi connectivity index (χ2n) is 5.18. The van der Waals surface area contributed by atoms with E-state index in [1.54, 1.807) is 42.5 Å². The Morgan fingerprint density at radius 2 is 1.72 bits per heavy atom. The fourth-order valence-corrected chi connectivity index (χ4v) is 2.22. The summed E-state index contributed by atoms with van der Waals surface area (Å²) in [7, 11) is 0. The molecular weight excluding hydrogens is 322 g/mol. The molecule has 0 radical (unpaired) electrons. The van der Waals surface area contributed by atoms with Crippen molar-refractivity contribution in [2.24, 2.45) is 0 Å². The van der Waals surface area contributed by atoms with Crippen LogP contribution in [0.25, 0.3) is 17.8 Å². The first kappa shape index (κ1) is 16.1. The van der Waals surface area contributed by atoms with E-state index in [1.165, 1.54) is 22.9 Å². The van der Waals surface area contributed by atoms with E-state index in [4.69, 9.17) is 0 Å². The van der Waals surface area contributed by atoms with Gasteiger partial charge in [-0.1, -0.05) is 24.3 Å². The van der Waals surface area contributed by atoms with Gasteiger partial charge in [-0.2, -0.15) is 9.78 Å². The summed E-state index contributed by atoms with van der Waals surface area (Å²) in [6, 6.07) is 15.9. The number of hydrogen-bond donors (Lipinski definition) is 1. The van der Waals surface area contributed by atoms with Crippen molar-refractivity contribution in [2.45, 2.75) is 0 Å². The fourth-order valence-electron chi connectivity index (χ4n) is 2.22. The topological polar surface area (TPSA) is 98.3 Å². The molecule has 0 aliphatic heterocycles. The van der Waals surface area contributed by atoms with E-state index in [1.807, 2.05) is 6.07 Å². The lowest BCUT2D eigenvalue weighted by molar-refractivity contribution is -0.384. The Balaban J connectivity index is 1.94. The third-order valence-corrected chi connectivity index (χ3v) is 3.48. The lowest BCUT2D eigenvalue weighted by Crippen LogP contribution is -2.20. The Morgan fingerprint density at radius 1 is 1.04 bits per heavy atom. The molecular formula is C18H13N3O4. The summed E-state index contributed by atoms with van der Waals surface area (Å²) in [4.78, 5) is 22.2. The van der Waals surface area contributed by atoms with Crippen LogP contribution >= 0.6 is 0 Å². The van der Waals surface area contributed by atoms with Gasteiger partial charge in [-0.3, -0.25) is 14.9 Å². The third kappa shape index (κ3) is 3.61. The van der Waals surface area contributed by atoms with Gasteiger partial charge in [0.2, 0.25) is 0 Å². The van der Waals surface area contributed by atoms with Crippen LogP contribution in [0.4, 0.5) is 5.69 Å². The molecule has 1 N–H and O–H groups in total.